The number of carbonyl (C=O) groups excluding carboxylic acids is 1. The molecule has 0 N–H and O–H groups in total. The Morgan fingerprint density at radius 3 is 3.00 bits per heavy atom. The van der Waals surface area contributed by atoms with E-state index in [1.165, 1.54) is 0 Å². The van der Waals surface area contributed by atoms with Gasteiger partial charge in [-0.05, 0) is 23.6 Å². The molecule has 3 nitrogen and oxygen atoms in total. The molecule has 0 saturated carbocycles. The van der Waals surface area contributed by atoms with Gasteiger partial charge in [0.15, 0.2) is 0 Å². The van der Waals surface area contributed by atoms with Gasteiger partial charge in [0, 0.05) is 12.8 Å². The van der Waals surface area contributed by atoms with E-state index in [4.69, 9.17) is 0 Å². The number of amides is 1. The second-order valence-electron chi connectivity index (χ2n) is 3.42. The lowest BCUT2D eigenvalue weighted by Crippen LogP contribution is -2.36. The number of nitrogens with zero attached hydrogens (tertiary/aromatic N) is 2. The predicted molar refractivity (Wildman–Crippen MR) is 56.1 cm³/mol. The third kappa shape index (κ3) is 1.31. The van der Waals surface area contributed by atoms with Crippen molar-refractivity contribution < 1.29 is 4.79 Å². The van der Waals surface area contributed by atoms with Crippen LogP contribution in [0.1, 0.15) is 6.42 Å². The first kappa shape index (κ1) is 8.94. The van der Waals surface area contributed by atoms with Crippen molar-refractivity contribution >= 4 is 12.1 Å². The zero-order chi connectivity index (χ0) is 10.1. The first-order valence-corrected chi connectivity index (χ1v) is 4.58. The molecule has 0 atom stereocenters. The molecular formula is C11H12N2O. The fourth-order valence-electron chi connectivity index (χ4n) is 1.65. The molecule has 2 aliphatic rings. The molecule has 3 heteroatoms. The van der Waals surface area contributed by atoms with Crippen molar-refractivity contribution in [2.75, 3.05) is 13.1 Å². The van der Waals surface area contributed by atoms with Gasteiger partial charge in [-0.3, -0.25) is 9.79 Å². The first-order chi connectivity index (χ1) is 6.70. The highest BCUT2D eigenvalue weighted by atomic mass is 16.2. The summed E-state index contributed by atoms with van der Waals surface area (Å²) in [5.41, 5.74) is 2.72. The maximum atomic E-state index is 11.6. The third-order valence-corrected chi connectivity index (χ3v) is 2.53. The summed E-state index contributed by atoms with van der Waals surface area (Å²) >= 11 is 0. The monoisotopic (exact) mass is 188 g/mol. The van der Waals surface area contributed by atoms with Crippen LogP contribution in [0.3, 0.4) is 0 Å². The van der Waals surface area contributed by atoms with Crippen LogP contribution in [0.2, 0.25) is 0 Å². The summed E-state index contributed by atoms with van der Waals surface area (Å²) in [6.07, 6.45) is 4.30. The van der Waals surface area contributed by atoms with Gasteiger partial charge in [0.1, 0.15) is 6.54 Å². The van der Waals surface area contributed by atoms with E-state index in [1.807, 2.05) is 6.08 Å². The molecule has 1 fully saturated rings. The van der Waals surface area contributed by atoms with Crippen molar-refractivity contribution in [3.63, 3.8) is 0 Å². The summed E-state index contributed by atoms with van der Waals surface area (Å²) in [4.78, 5) is 17.3. The van der Waals surface area contributed by atoms with E-state index < -0.39 is 0 Å². The normalized spacial score (nSPS) is 21.9. The van der Waals surface area contributed by atoms with Crippen molar-refractivity contribution in [1.29, 1.82) is 0 Å². The van der Waals surface area contributed by atoms with Crippen LogP contribution in [0.5, 0.6) is 0 Å². The van der Waals surface area contributed by atoms with E-state index in [2.05, 4.69) is 18.2 Å². The van der Waals surface area contributed by atoms with Gasteiger partial charge in [-0.15, -0.1) is 0 Å². The topological polar surface area (TPSA) is 32.7 Å². The summed E-state index contributed by atoms with van der Waals surface area (Å²) in [5.74, 6) is 0.0404. The molecule has 1 amide bonds. The SMILES string of the molecule is C=C1CCN2C(=O)CN=CC=C2C1=C. The minimum absolute atomic E-state index is 0.0404. The quantitative estimate of drug-likeness (QED) is 0.564. The molecule has 2 aliphatic heterocycles. The zero-order valence-electron chi connectivity index (χ0n) is 7.99. The Labute approximate surface area is 83.1 Å². The number of allylic oxidation sites excluding steroid dienone is 2. The molecule has 72 valence electrons. The van der Waals surface area contributed by atoms with E-state index in [0.29, 0.717) is 6.54 Å². The van der Waals surface area contributed by atoms with Crippen molar-refractivity contribution in [2.24, 2.45) is 4.99 Å². The van der Waals surface area contributed by atoms with Gasteiger partial charge in [0.25, 0.3) is 0 Å². The number of piperidine rings is 1. The summed E-state index contributed by atoms with van der Waals surface area (Å²) in [7, 11) is 0. The predicted octanol–water partition coefficient (Wildman–Crippen LogP) is 1.30. The van der Waals surface area contributed by atoms with Crippen LogP contribution in [0.15, 0.2) is 41.1 Å². The lowest BCUT2D eigenvalue weighted by Gasteiger charge is -2.31. The van der Waals surface area contributed by atoms with Crippen LogP contribution in [0.4, 0.5) is 0 Å². The van der Waals surface area contributed by atoms with Crippen LogP contribution in [-0.2, 0) is 4.79 Å². The molecule has 0 spiro atoms. The maximum Gasteiger partial charge on any atom is 0.248 e. The highest BCUT2D eigenvalue weighted by Gasteiger charge is 2.26. The van der Waals surface area contributed by atoms with Crippen molar-refractivity contribution in [1.82, 2.24) is 4.90 Å². The van der Waals surface area contributed by atoms with Gasteiger partial charge < -0.3 is 4.90 Å². The molecule has 1 saturated heterocycles. The van der Waals surface area contributed by atoms with Gasteiger partial charge in [-0.1, -0.05) is 13.2 Å². The average Bonchev–Trinajstić information content (AvgIpc) is 2.35. The van der Waals surface area contributed by atoms with E-state index >= 15 is 0 Å². The summed E-state index contributed by atoms with van der Waals surface area (Å²) in [5, 5.41) is 0. The van der Waals surface area contributed by atoms with E-state index in [-0.39, 0.29) is 12.5 Å². The van der Waals surface area contributed by atoms with E-state index in [9.17, 15) is 4.79 Å². The Morgan fingerprint density at radius 2 is 2.21 bits per heavy atom. The molecule has 0 bridgehead atoms. The molecule has 0 unspecified atom stereocenters. The zero-order valence-corrected chi connectivity index (χ0v) is 7.99. The number of aliphatic imine (C=N–C) groups is 1. The molecule has 2 rings (SSSR count). The highest BCUT2D eigenvalue weighted by molar-refractivity contribution is 5.88. The molecule has 0 aromatic rings. The summed E-state index contributed by atoms with van der Waals surface area (Å²) in [6, 6.07) is 0. The molecular weight excluding hydrogens is 176 g/mol. The van der Waals surface area contributed by atoms with Crippen molar-refractivity contribution in [3.8, 4) is 0 Å². The van der Waals surface area contributed by atoms with Crippen LogP contribution in [0.25, 0.3) is 0 Å². The first-order valence-electron chi connectivity index (χ1n) is 4.58. The van der Waals surface area contributed by atoms with Crippen molar-refractivity contribution in [3.05, 3.63) is 36.1 Å². The van der Waals surface area contributed by atoms with Gasteiger partial charge in [0.05, 0.1) is 5.70 Å². The fourth-order valence-corrected chi connectivity index (χ4v) is 1.65. The Balaban J connectivity index is 2.39. The number of rotatable bonds is 0. The maximum absolute atomic E-state index is 11.6. The number of carbonyl (C=O) groups is 1. The molecule has 0 radical (unpaired) electrons. The fraction of sp³-hybridized carbons (Fsp3) is 0.273. The molecule has 0 aromatic carbocycles. The van der Waals surface area contributed by atoms with Gasteiger partial charge in [-0.25, -0.2) is 0 Å². The average molecular weight is 188 g/mol. The largest absolute Gasteiger partial charge is 0.310 e. The number of hydrogen-bond donors (Lipinski definition) is 0. The molecule has 14 heavy (non-hydrogen) atoms. The van der Waals surface area contributed by atoms with Crippen LogP contribution in [0, 0.1) is 0 Å². The van der Waals surface area contributed by atoms with E-state index in [0.717, 1.165) is 23.3 Å². The molecule has 2 heterocycles. The van der Waals surface area contributed by atoms with Crippen LogP contribution < -0.4 is 0 Å². The van der Waals surface area contributed by atoms with Crippen LogP contribution >= 0.6 is 0 Å². The molecule has 0 aliphatic carbocycles. The Hall–Kier alpha value is -1.64. The van der Waals surface area contributed by atoms with E-state index in [1.54, 1.807) is 11.1 Å². The second kappa shape index (κ2) is 3.25. The number of fused-ring (bicyclic) bond motifs is 1. The van der Waals surface area contributed by atoms with Gasteiger partial charge >= 0.3 is 0 Å². The third-order valence-electron chi connectivity index (χ3n) is 2.53. The Morgan fingerprint density at radius 1 is 1.43 bits per heavy atom. The minimum Gasteiger partial charge on any atom is -0.310 e. The van der Waals surface area contributed by atoms with Gasteiger partial charge in [-0.2, -0.15) is 0 Å². The smallest absolute Gasteiger partial charge is 0.248 e. The summed E-state index contributed by atoms with van der Waals surface area (Å²) in [6.45, 7) is 8.79. The standard InChI is InChI=1S/C11H12N2O/c1-8-4-6-13-10(9(8)2)3-5-12-7-11(13)14/h3,5H,1-2,4,6-7H2. The second-order valence-corrected chi connectivity index (χ2v) is 3.42. The lowest BCUT2D eigenvalue weighted by molar-refractivity contribution is -0.127. The summed E-state index contributed by atoms with van der Waals surface area (Å²) < 4.78 is 0. The Kier molecular flexibility index (Phi) is 2.08. The minimum atomic E-state index is 0.0404. The molecule has 0 aromatic heterocycles. The lowest BCUT2D eigenvalue weighted by atomic mass is 9.97. The number of hydrogen-bond acceptors (Lipinski definition) is 2. The Bertz CT molecular complexity index is 377. The van der Waals surface area contributed by atoms with Crippen molar-refractivity contribution in [2.45, 2.75) is 6.42 Å². The highest BCUT2D eigenvalue weighted by Crippen LogP contribution is 2.28. The van der Waals surface area contributed by atoms with Crippen LogP contribution in [-0.4, -0.2) is 30.1 Å². The van der Waals surface area contributed by atoms with Gasteiger partial charge in [0.2, 0.25) is 5.91 Å².